The third-order valence-corrected chi connectivity index (χ3v) is 5.32. The molecule has 2 atom stereocenters. The van der Waals surface area contributed by atoms with Crippen molar-refractivity contribution in [2.24, 2.45) is 17.6 Å². The molecule has 0 aromatic heterocycles. The Morgan fingerprint density at radius 1 is 1.06 bits per heavy atom. The SMILES string of the molecule is CC1(C)OC(=O)C(C(c2ccccc2)C(C#N)C(N)=C(C#N)C#N)C(=O)O1.CN1CCOCC1. The average molecular weight is 466 g/mol. The Morgan fingerprint density at radius 2 is 1.59 bits per heavy atom. The van der Waals surface area contributed by atoms with Gasteiger partial charge in [0.2, 0.25) is 0 Å². The summed E-state index contributed by atoms with van der Waals surface area (Å²) >= 11 is 0. The van der Waals surface area contributed by atoms with Crippen LogP contribution < -0.4 is 5.73 Å². The lowest BCUT2D eigenvalue weighted by Gasteiger charge is -2.37. The lowest BCUT2D eigenvalue weighted by molar-refractivity contribution is -0.241. The van der Waals surface area contributed by atoms with Gasteiger partial charge in [-0.3, -0.25) is 9.59 Å². The molecular weight excluding hydrogens is 438 g/mol. The minimum absolute atomic E-state index is 0.318. The number of rotatable bonds is 4. The van der Waals surface area contributed by atoms with Crippen molar-refractivity contribution in [2.45, 2.75) is 25.6 Å². The molecule has 10 nitrogen and oxygen atoms in total. The third kappa shape index (κ3) is 6.55. The van der Waals surface area contributed by atoms with Crippen LogP contribution in [0.2, 0.25) is 0 Å². The van der Waals surface area contributed by atoms with Gasteiger partial charge in [-0.2, -0.15) is 15.8 Å². The second-order valence-corrected chi connectivity index (χ2v) is 8.23. The van der Waals surface area contributed by atoms with Gasteiger partial charge >= 0.3 is 11.9 Å². The summed E-state index contributed by atoms with van der Waals surface area (Å²) in [6, 6.07) is 13.4. The van der Waals surface area contributed by atoms with Crippen LogP contribution in [0, 0.1) is 45.8 Å². The van der Waals surface area contributed by atoms with Gasteiger partial charge in [0.15, 0.2) is 5.92 Å². The molecule has 34 heavy (non-hydrogen) atoms. The van der Waals surface area contributed by atoms with Crippen molar-refractivity contribution in [1.82, 2.24) is 4.90 Å². The van der Waals surface area contributed by atoms with Gasteiger partial charge < -0.3 is 24.8 Å². The molecule has 0 radical (unpaired) electrons. The second kappa shape index (κ2) is 11.8. The normalized spacial score (nSPS) is 19.4. The van der Waals surface area contributed by atoms with E-state index in [2.05, 4.69) is 11.9 Å². The summed E-state index contributed by atoms with van der Waals surface area (Å²) in [4.78, 5) is 27.4. The molecule has 2 unspecified atom stereocenters. The molecule has 0 aliphatic carbocycles. The summed E-state index contributed by atoms with van der Waals surface area (Å²) in [5.74, 6) is -7.03. The van der Waals surface area contributed by atoms with Gasteiger partial charge in [-0.05, 0) is 12.6 Å². The Labute approximate surface area is 198 Å². The zero-order valence-electron chi connectivity index (χ0n) is 19.4. The highest BCUT2D eigenvalue weighted by Crippen LogP contribution is 2.40. The predicted octanol–water partition coefficient (Wildman–Crippen LogP) is 1.57. The zero-order chi connectivity index (χ0) is 25.3. The Morgan fingerprint density at radius 3 is 2.00 bits per heavy atom. The lowest BCUT2D eigenvalue weighted by Crippen LogP contribution is -2.49. The fourth-order valence-electron chi connectivity index (χ4n) is 3.58. The molecule has 2 aliphatic heterocycles. The maximum Gasteiger partial charge on any atom is 0.324 e. The number of cyclic esters (lactones) is 2. The van der Waals surface area contributed by atoms with E-state index in [0.29, 0.717) is 5.56 Å². The average Bonchev–Trinajstić information content (AvgIpc) is 2.79. The first-order chi connectivity index (χ1) is 16.1. The molecule has 0 bridgehead atoms. The van der Waals surface area contributed by atoms with E-state index in [-0.39, 0.29) is 5.70 Å². The van der Waals surface area contributed by atoms with Crippen LogP contribution in [0.15, 0.2) is 41.6 Å². The Balaban J connectivity index is 0.000000497. The van der Waals surface area contributed by atoms with Gasteiger partial charge in [0, 0.05) is 32.9 Å². The van der Waals surface area contributed by atoms with Crippen LogP contribution in [0.25, 0.3) is 0 Å². The minimum Gasteiger partial charge on any atom is -0.422 e. The number of benzene rings is 1. The molecule has 0 spiro atoms. The number of morpholine rings is 1. The van der Waals surface area contributed by atoms with Crippen molar-refractivity contribution >= 4 is 11.9 Å². The lowest BCUT2D eigenvalue weighted by atomic mass is 9.75. The summed E-state index contributed by atoms with van der Waals surface area (Å²) < 4.78 is 15.4. The maximum atomic E-state index is 12.6. The van der Waals surface area contributed by atoms with Gasteiger partial charge in [-0.15, -0.1) is 0 Å². The van der Waals surface area contributed by atoms with Crippen molar-refractivity contribution in [2.75, 3.05) is 33.4 Å². The van der Waals surface area contributed by atoms with E-state index < -0.39 is 41.1 Å². The second-order valence-electron chi connectivity index (χ2n) is 8.23. The monoisotopic (exact) mass is 465 g/mol. The fourth-order valence-corrected chi connectivity index (χ4v) is 3.58. The predicted molar refractivity (Wildman–Crippen MR) is 119 cm³/mol. The molecule has 3 rings (SSSR count). The number of nitrogens with zero attached hydrogens (tertiary/aromatic N) is 4. The van der Waals surface area contributed by atoms with Crippen molar-refractivity contribution in [3.63, 3.8) is 0 Å². The zero-order valence-corrected chi connectivity index (χ0v) is 19.4. The molecule has 0 amide bonds. The molecule has 2 saturated heterocycles. The van der Waals surface area contributed by atoms with Crippen molar-refractivity contribution in [3.05, 3.63) is 47.2 Å². The molecule has 1 aromatic rings. The van der Waals surface area contributed by atoms with E-state index >= 15 is 0 Å². The largest absolute Gasteiger partial charge is 0.422 e. The molecule has 2 heterocycles. The van der Waals surface area contributed by atoms with Crippen molar-refractivity contribution in [1.29, 1.82) is 15.8 Å². The number of carbonyl (C=O) groups excluding carboxylic acids is 2. The van der Waals surface area contributed by atoms with E-state index in [4.69, 9.17) is 30.5 Å². The van der Waals surface area contributed by atoms with Gasteiger partial charge in [-0.1, -0.05) is 30.3 Å². The molecule has 0 saturated carbocycles. The number of allylic oxidation sites excluding steroid dienone is 2. The standard InChI is InChI=1S/C19H16N4O4.C5H11NO/c1-19(2)26-17(24)15(18(25)27-19)14(11-6-4-3-5-7-11)13(10-22)16(23)12(8-20)9-21;1-6-2-4-7-5-3-6/h3-7,13-15H,23H2,1-2H3;2-5H2,1H3. The van der Waals surface area contributed by atoms with Gasteiger partial charge in [0.1, 0.15) is 17.7 Å². The maximum absolute atomic E-state index is 12.6. The first-order valence-corrected chi connectivity index (χ1v) is 10.6. The molecule has 2 N–H and O–H groups in total. The summed E-state index contributed by atoms with van der Waals surface area (Å²) in [5.41, 5.74) is 5.56. The molecule has 2 fully saturated rings. The van der Waals surface area contributed by atoms with E-state index in [1.807, 2.05) is 6.07 Å². The highest BCUT2D eigenvalue weighted by atomic mass is 16.7. The number of carbonyl (C=O) groups is 2. The van der Waals surface area contributed by atoms with Crippen LogP contribution in [0.1, 0.15) is 25.3 Å². The first-order valence-electron chi connectivity index (χ1n) is 10.6. The van der Waals surface area contributed by atoms with Gasteiger partial charge in [0.05, 0.1) is 30.9 Å². The van der Waals surface area contributed by atoms with Crippen LogP contribution in [-0.2, 0) is 23.8 Å². The minimum atomic E-state index is -1.47. The molecular formula is C24H27N5O5. The summed E-state index contributed by atoms with van der Waals surface area (Å²) in [6.45, 7) is 6.85. The highest BCUT2D eigenvalue weighted by Gasteiger charge is 2.50. The van der Waals surface area contributed by atoms with Crippen molar-refractivity contribution < 1.29 is 23.8 Å². The van der Waals surface area contributed by atoms with Crippen LogP contribution in [0.3, 0.4) is 0 Å². The Hall–Kier alpha value is -3.91. The highest BCUT2D eigenvalue weighted by molar-refractivity contribution is 5.98. The fraction of sp³-hybridized carbons (Fsp3) is 0.458. The first kappa shape index (κ1) is 26.3. The van der Waals surface area contributed by atoms with E-state index in [0.717, 1.165) is 26.3 Å². The number of likely N-dealkylation sites (N-methyl/N-ethyl adjacent to an activating group) is 1. The smallest absolute Gasteiger partial charge is 0.324 e. The molecule has 1 aromatic carbocycles. The van der Waals surface area contributed by atoms with Crippen LogP contribution in [0.5, 0.6) is 0 Å². The van der Waals surface area contributed by atoms with E-state index in [9.17, 15) is 14.9 Å². The number of nitrogens with two attached hydrogens (primary N) is 1. The Kier molecular flexibility index (Phi) is 9.15. The summed E-state index contributed by atoms with van der Waals surface area (Å²) in [7, 11) is 2.11. The van der Waals surface area contributed by atoms with Crippen LogP contribution >= 0.6 is 0 Å². The van der Waals surface area contributed by atoms with E-state index in [1.54, 1.807) is 42.5 Å². The van der Waals surface area contributed by atoms with Gasteiger partial charge in [-0.25, -0.2) is 0 Å². The molecule has 10 heteroatoms. The molecule has 178 valence electrons. The van der Waals surface area contributed by atoms with Crippen molar-refractivity contribution in [3.8, 4) is 18.2 Å². The number of hydrogen-bond acceptors (Lipinski definition) is 10. The summed E-state index contributed by atoms with van der Waals surface area (Å²) in [5, 5.41) is 27.8. The van der Waals surface area contributed by atoms with Crippen LogP contribution in [0.4, 0.5) is 0 Å². The number of ether oxygens (including phenoxy) is 3. The summed E-state index contributed by atoms with van der Waals surface area (Å²) in [6.07, 6.45) is 0. The Bertz CT molecular complexity index is 1010. The van der Waals surface area contributed by atoms with E-state index in [1.165, 1.54) is 13.8 Å². The van der Waals surface area contributed by atoms with Gasteiger partial charge in [0.25, 0.3) is 5.79 Å². The number of hydrogen-bond donors (Lipinski definition) is 1. The quantitative estimate of drug-likeness (QED) is 0.392. The topological polar surface area (TPSA) is 162 Å². The third-order valence-electron chi connectivity index (χ3n) is 5.32. The number of nitriles is 3. The van der Waals surface area contributed by atoms with Crippen LogP contribution in [-0.4, -0.2) is 56.0 Å². The number of esters is 2. The molecule has 2 aliphatic rings.